The topological polar surface area (TPSA) is 75.6 Å². The molecule has 1 aromatic rings. The molecule has 0 saturated carbocycles. The lowest BCUT2D eigenvalue weighted by molar-refractivity contribution is -0.136. The summed E-state index contributed by atoms with van der Waals surface area (Å²) in [6.07, 6.45) is 5.97. The Morgan fingerprint density at radius 1 is 1.32 bits per heavy atom. The fourth-order valence-corrected chi connectivity index (χ4v) is 3.59. The number of aromatic nitrogens is 2. The van der Waals surface area contributed by atoms with Crippen molar-refractivity contribution in [2.75, 3.05) is 26.8 Å². The number of ether oxygens (including phenoxy) is 1. The molecule has 0 radical (unpaired) electrons. The van der Waals surface area contributed by atoms with E-state index in [2.05, 4.69) is 4.98 Å². The number of hydrogen-bond acceptors (Lipinski definition) is 5. The van der Waals surface area contributed by atoms with Gasteiger partial charge in [-0.3, -0.25) is 9.59 Å². The highest BCUT2D eigenvalue weighted by atomic mass is 16.5. The third-order valence-electron chi connectivity index (χ3n) is 5.04. The molecule has 3 heterocycles. The number of likely N-dealkylation sites (tertiary alicyclic amines) is 1. The van der Waals surface area contributed by atoms with E-state index >= 15 is 0 Å². The number of fused-ring (bicyclic) bond motifs is 1. The Morgan fingerprint density at radius 3 is 2.92 bits per heavy atom. The second-order valence-corrected chi connectivity index (χ2v) is 6.73. The van der Waals surface area contributed by atoms with Gasteiger partial charge >= 0.3 is 0 Å². The van der Waals surface area contributed by atoms with Crippen molar-refractivity contribution in [3.63, 3.8) is 0 Å². The number of carbonyl (C=O) groups excluding carboxylic acids is 2. The summed E-state index contributed by atoms with van der Waals surface area (Å²) < 4.78 is 5.04. The maximum absolute atomic E-state index is 12.5. The average molecular weight is 346 g/mol. The van der Waals surface area contributed by atoms with Crippen LogP contribution in [-0.2, 0) is 27.3 Å². The van der Waals surface area contributed by atoms with Gasteiger partial charge in [0.15, 0.2) is 5.82 Å². The van der Waals surface area contributed by atoms with Gasteiger partial charge in [-0.2, -0.15) is 0 Å². The van der Waals surface area contributed by atoms with Crippen molar-refractivity contribution >= 4 is 11.8 Å². The van der Waals surface area contributed by atoms with Crippen LogP contribution in [0.5, 0.6) is 0 Å². The molecular formula is C18H26N4O3. The minimum absolute atomic E-state index is 0.0470. The van der Waals surface area contributed by atoms with Crippen molar-refractivity contribution in [3.05, 3.63) is 23.3 Å². The van der Waals surface area contributed by atoms with Crippen molar-refractivity contribution in [1.29, 1.82) is 0 Å². The second kappa shape index (κ2) is 7.91. The quantitative estimate of drug-likeness (QED) is 0.825. The molecule has 1 fully saturated rings. The Balaban J connectivity index is 1.78. The van der Waals surface area contributed by atoms with Crippen LogP contribution in [0.3, 0.4) is 0 Å². The van der Waals surface area contributed by atoms with Crippen LogP contribution in [0.4, 0.5) is 0 Å². The number of hydrogen-bond donors (Lipinski definition) is 0. The Morgan fingerprint density at radius 2 is 2.16 bits per heavy atom. The predicted molar refractivity (Wildman–Crippen MR) is 91.6 cm³/mol. The van der Waals surface area contributed by atoms with Crippen LogP contribution in [0.15, 0.2) is 6.20 Å². The number of piperidine rings is 1. The molecule has 1 saturated heterocycles. The SMILES string of the molecule is COCCC(=O)N1CCCCC1c1ncc2c(n1)CCN(C(C)=O)C2. The summed E-state index contributed by atoms with van der Waals surface area (Å²) in [6.45, 7) is 4.05. The van der Waals surface area contributed by atoms with Crippen LogP contribution in [0.25, 0.3) is 0 Å². The van der Waals surface area contributed by atoms with Crippen LogP contribution in [0.2, 0.25) is 0 Å². The normalized spacial score (nSPS) is 20.3. The molecule has 1 atom stereocenters. The molecule has 2 aliphatic rings. The molecule has 0 aliphatic carbocycles. The number of carbonyl (C=O) groups is 2. The molecule has 3 rings (SSSR count). The zero-order valence-electron chi connectivity index (χ0n) is 15.0. The molecule has 25 heavy (non-hydrogen) atoms. The molecule has 0 bridgehead atoms. The lowest BCUT2D eigenvalue weighted by Gasteiger charge is -2.35. The summed E-state index contributed by atoms with van der Waals surface area (Å²) in [4.78, 5) is 37.1. The van der Waals surface area contributed by atoms with Crippen molar-refractivity contribution in [2.24, 2.45) is 0 Å². The van der Waals surface area contributed by atoms with Gasteiger partial charge in [0.1, 0.15) is 0 Å². The Kier molecular flexibility index (Phi) is 5.63. The molecule has 7 heteroatoms. The van der Waals surface area contributed by atoms with E-state index in [4.69, 9.17) is 9.72 Å². The lowest BCUT2D eigenvalue weighted by atomic mass is 10.00. The van der Waals surface area contributed by atoms with E-state index in [0.717, 1.165) is 49.3 Å². The van der Waals surface area contributed by atoms with Gasteiger partial charge in [-0.25, -0.2) is 9.97 Å². The summed E-state index contributed by atoms with van der Waals surface area (Å²) in [6, 6.07) is -0.0470. The fraction of sp³-hybridized carbons (Fsp3) is 0.667. The first-order valence-electron chi connectivity index (χ1n) is 8.98. The van der Waals surface area contributed by atoms with Gasteiger partial charge in [-0.05, 0) is 19.3 Å². The lowest BCUT2D eigenvalue weighted by Crippen LogP contribution is -2.40. The first kappa shape index (κ1) is 17.8. The van der Waals surface area contributed by atoms with Gasteiger partial charge in [-0.1, -0.05) is 0 Å². The molecule has 2 amide bonds. The van der Waals surface area contributed by atoms with E-state index in [9.17, 15) is 9.59 Å². The van der Waals surface area contributed by atoms with Crippen molar-refractivity contribution < 1.29 is 14.3 Å². The molecular weight excluding hydrogens is 320 g/mol. The van der Waals surface area contributed by atoms with Gasteiger partial charge in [0.25, 0.3) is 0 Å². The van der Waals surface area contributed by atoms with E-state index in [1.165, 1.54) is 0 Å². The second-order valence-electron chi connectivity index (χ2n) is 6.73. The number of amides is 2. The molecule has 7 nitrogen and oxygen atoms in total. The van der Waals surface area contributed by atoms with E-state index in [1.54, 1.807) is 14.0 Å². The molecule has 136 valence electrons. The monoisotopic (exact) mass is 346 g/mol. The van der Waals surface area contributed by atoms with Crippen molar-refractivity contribution in [1.82, 2.24) is 19.8 Å². The van der Waals surface area contributed by atoms with E-state index < -0.39 is 0 Å². The zero-order valence-corrected chi connectivity index (χ0v) is 15.0. The molecule has 0 aromatic carbocycles. The average Bonchev–Trinajstić information content (AvgIpc) is 2.65. The van der Waals surface area contributed by atoms with Crippen molar-refractivity contribution in [3.8, 4) is 0 Å². The highest BCUT2D eigenvalue weighted by Crippen LogP contribution is 2.30. The van der Waals surface area contributed by atoms with Gasteiger partial charge < -0.3 is 14.5 Å². The minimum atomic E-state index is -0.0470. The molecule has 0 N–H and O–H groups in total. The minimum Gasteiger partial charge on any atom is -0.384 e. The van der Waals surface area contributed by atoms with Gasteiger partial charge in [0.05, 0.1) is 24.8 Å². The summed E-state index contributed by atoms with van der Waals surface area (Å²) >= 11 is 0. The Hall–Kier alpha value is -2.02. The van der Waals surface area contributed by atoms with E-state index in [1.807, 2.05) is 16.0 Å². The van der Waals surface area contributed by atoms with E-state index in [0.29, 0.717) is 26.1 Å². The highest BCUT2D eigenvalue weighted by Gasteiger charge is 2.30. The van der Waals surface area contributed by atoms with Gasteiger partial charge in [-0.15, -0.1) is 0 Å². The van der Waals surface area contributed by atoms with Crippen molar-refractivity contribution in [2.45, 2.75) is 51.6 Å². The van der Waals surface area contributed by atoms with Gasteiger partial charge in [0, 0.05) is 51.8 Å². The summed E-state index contributed by atoms with van der Waals surface area (Å²) in [5, 5.41) is 0. The molecule has 0 spiro atoms. The standard InChI is InChI=1S/C18H26N4O3/c1-13(23)21-9-6-15-14(12-21)11-19-18(20-15)16-5-3-4-8-22(16)17(24)7-10-25-2/h11,16H,3-10,12H2,1-2H3. The fourth-order valence-electron chi connectivity index (χ4n) is 3.59. The third kappa shape index (κ3) is 3.98. The number of rotatable bonds is 4. The van der Waals surface area contributed by atoms with Gasteiger partial charge in [0.2, 0.25) is 11.8 Å². The highest BCUT2D eigenvalue weighted by molar-refractivity contribution is 5.76. The summed E-state index contributed by atoms with van der Waals surface area (Å²) in [5.74, 6) is 0.924. The van der Waals surface area contributed by atoms with Crippen LogP contribution in [-0.4, -0.2) is 58.4 Å². The van der Waals surface area contributed by atoms with Crippen LogP contribution in [0.1, 0.15) is 55.7 Å². The third-order valence-corrected chi connectivity index (χ3v) is 5.04. The predicted octanol–water partition coefficient (Wildman–Crippen LogP) is 1.47. The zero-order chi connectivity index (χ0) is 17.8. The number of nitrogens with zero attached hydrogens (tertiary/aromatic N) is 4. The first-order valence-corrected chi connectivity index (χ1v) is 8.98. The Bertz CT molecular complexity index is 649. The maximum atomic E-state index is 12.5. The van der Waals surface area contributed by atoms with E-state index in [-0.39, 0.29) is 17.9 Å². The first-order chi connectivity index (χ1) is 12.1. The van der Waals surface area contributed by atoms with Crippen LogP contribution >= 0.6 is 0 Å². The smallest absolute Gasteiger partial charge is 0.225 e. The number of methoxy groups -OCH3 is 1. The largest absolute Gasteiger partial charge is 0.384 e. The Labute approximate surface area is 148 Å². The molecule has 2 aliphatic heterocycles. The summed E-state index contributed by atoms with van der Waals surface area (Å²) in [7, 11) is 1.61. The summed E-state index contributed by atoms with van der Waals surface area (Å²) in [5.41, 5.74) is 2.02. The van der Waals surface area contributed by atoms with Crippen LogP contribution < -0.4 is 0 Å². The van der Waals surface area contributed by atoms with Crippen LogP contribution in [0, 0.1) is 0 Å². The maximum Gasteiger partial charge on any atom is 0.225 e. The molecule has 1 aromatic heterocycles. The molecule has 1 unspecified atom stereocenters.